The normalized spacial score (nSPS) is 12.5. The van der Waals surface area contributed by atoms with Crippen LogP contribution < -0.4 is 5.32 Å². The first-order valence-electron chi connectivity index (χ1n) is 9.13. The van der Waals surface area contributed by atoms with E-state index in [-0.39, 0.29) is 5.91 Å². The molecule has 1 aliphatic rings. The van der Waals surface area contributed by atoms with Crippen molar-refractivity contribution in [2.24, 2.45) is 4.99 Å². The maximum absolute atomic E-state index is 13.0. The largest absolute Gasteiger partial charge is 0.320 e. The Morgan fingerprint density at radius 3 is 3.10 bits per heavy atom. The molecule has 0 saturated heterocycles. The average molecular weight is 406 g/mol. The van der Waals surface area contributed by atoms with Gasteiger partial charge in [-0.25, -0.2) is 4.98 Å². The summed E-state index contributed by atoms with van der Waals surface area (Å²) in [6.07, 6.45) is 6.75. The summed E-state index contributed by atoms with van der Waals surface area (Å²) >= 11 is 6.19. The zero-order valence-corrected chi connectivity index (χ0v) is 16.2. The average Bonchev–Trinajstić information content (AvgIpc) is 3.46. The molecule has 1 aliphatic heterocycles. The number of hydrogen-bond donors (Lipinski definition) is 2. The van der Waals surface area contributed by atoms with Crippen LogP contribution in [0.3, 0.4) is 0 Å². The lowest BCUT2D eigenvalue weighted by atomic mass is 9.97. The number of amides is 1. The van der Waals surface area contributed by atoms with Crippen LogP contribution in [0.15, 0.2) is 41.8 Å². The highest BCUT2D eigenvalue weighted by Crippen LogP contribution is 2.34. The van der Waals surface area contributed by atoms with Crippen molar-refractivity contribution in [1.82, 2.24) is 25.0 Å². The molecule has 0 spiro atoms. The molecule has 144 valence electrons. The lowest BCUT2D eigenvalue weighted by Crippen LogP contribution is -2.19. The van der Waals surface area contributed by atoms with Crippen LogP contribution in [0, 0.1) is 0 Å². The third-order valence-electron chi connectivity index (χ3n) is 4.97. The molecule has 1 amide bonds. The highest BCUT2D eigenvalue weighted by molar-refractivity contribution is 6.34. The lowest BCUT2D eigenvalue weighted by Gasteiger charge is -2.13. The summed E-state index contributed by atoms with van der Waals surface area (Å²) in [5.41, 5.74) is 5.60. The second-order valence-corrected chi connectivity index (χ2v) is 7.08. The molecule has 0 unspecified atom stereocenters. The maximum Gasteiger partial charge on any atom is 0.275 e. The number of fused-ring (bicyclic) bond motifs is 2. The van der Waals surface area contributed by atoms with Crippen LogP contribution >= 0.6 is 11.6 Å². The van der Waals surface area contributed by atoms with Gasteiger partial charge in [0.05, 0.1) is 29.6 Å². The van der Waals surface area contributed by atoms with Crippen LogP contribution in [-0.4, -0.2) is 37.1 Å². The van der Waals surface area contributed by atoms with E-state index in [9.17, 15) is 4.79 Å². The van der Waals surface area contributed by atoms with Gasteiger partial charge in [0.15, 0.2) is 5.65 Å². The first-order valence-corrected chi connectivity index (χ1v) is 9.51. The monoisotopic (exact) mass is 405 g/mol. The lowest BCUT2D eigenvalue weighted by molar-refractivity contribution is 0.101. The molecule has 0 saturated carbocycles. The molecule has 4 heterocycles. The summed E-state index contributed by atoms with van der Waals surface area (Å²) in [6.45, 7) is 3.02. The number of hydrogen-bond acceptors (Lipinski definition) is 5. The molecule has 29 heavy (non-hydrogen) atoms. The highest BCUT2D eigenvalue weighted by Gasteiger charge is 2.21. The number of aliphatic imine (C=N–C) groups is 1. The Kier molecular flexibility index (Phi) is 4.13. The predicted octanol–water partition coefficient (Wildman–Crippen LogP) is 3.68. The van der Waals surface area contributed by atoms with E-state index in [1.165, 1.54) is 6.20 Å². The summed E-state index contributed by atoms with van der Waals surface area (Å²) in [7, 11) is 0. The minimum Gasteiger partial charge on any atom is -0.320 e. The van der Waals surface area contributed by atoms with Crippen LogP contribution in [0.5, 0.6) is 0 Å². The van der Waals surface area contributed by atoms with Crippen molar-refractivity contribution in [1.29, 1.82) is 0 Å². The van der Waals surface area contributed by atoms with E-state index < -0.39 is 0 Å². The molecular weight excluding hydrogens is 390 g/mol. The van der Waals surface area contributed by atoms with Gasteiger partial charge in [0.25, 0.3) is 5.91 Å². The molecular formula is C20H16ClN7O. The van der Waals surface area contributed by atoms with E-state index >= 15 is 0 Å². The minimum absolute atomic E-state index is 0.308. The number of benzene rings is 1. The number of halogens is 1. The summed E-state index contributed by atoms with van der Waals surface area (Å²) in [5, 5.41) is 15.3. The Balaban J connectivity index is 1.60. The third kappa shape index (κ3) is 2.89. The van der Waals surface area contributed by atoms with Gasteiger partial charge in [-0.2, -0.15) is 10.2 Å². The standard InChI is InChI=1S/C20H16ClN7O/c1-2-28-18(16(21)10-25-28)20(29)26-17-6-11(5-12-7-22-8-14(12)17)13-3-4-23-19-15(13)9-24-27-19/h3-6,8-10H,2,7H2,1H3,(H,26,29)(H,23,24,27). The molecule has 9 heteroatoms. The van der Waals surface area contributed by atoms with Crippen LogP contribution in [0.25, 0.3) is 22.2 Å². The molecule has 8 nitrogen and oxygen atoms in total. The number of anilines is 1. The maximum atomic E-state index is 13.0. The van der Waals surface area contributed by atoms with Gasteiger partial charge in [-0.05, 0) is 41.8 Å². The van der Waals surface area contributed by atoms with Crippen molar-refractivity contribution in [3.05, 3.63) is 58.6 Å². The second-order valence-electron chi connectivity index (χ2n) is 6.67. The van der Waals surface area contributed by atoms with Gasteiger partial charge < -0.3 is 5.32 Å². The summed E-state index contributed by atoms with van der Waals surface area (Å²) in [6, 6.07) is 5.96. The summed E-state index contributed by atoms with van der Waals surface area (Å²) in [4.78, 5) is 21.6. The van der Waals surface area contributed by atoms with Crippen molar-refractivity contribution in [2.75, 3.05) is 5.32 Å². The zero-order valence-electron chi connectivity index (χ0n) is 15.5. The van der Waals surface area contributed by atoms with Gasteiger partial charge in [0.1, 0.15) is 5.69 Å². The van der Waals surface area contributed by atoms with Gasteiger partial charge >= 0.3 is 0 Å². The van der Waals surface area contributed by atoms with Crippen LogP contribution in [0.4, 0.5) is 5.69 Å². The molecule has 1 aromatic carbocycles. The van der Waals surface area contributed by atoms with Crippen molar-refractivity contribution in [2.45, 2.75) is 20.0 Å². The van der Waals surface area contributed by atoms with Crippen LogP contribution in [0.1, 0.15) is 28.5 Å². The van der Waals surface area contributed by atoms with Crippen molar-refractivity contribution >= 4 is 40.4 Å². The number of pyridine rings is 1. The molecule has 5 rings (SSSR count). The highest BCUT2D eigenvalue weighted by atomic mass is 35.5. The van der Waals surface area contributed by atoms with E-state index in [0.29, 0.717) is 35.1 Å². The summed E-state index contributed by atoms with van der Waals surface area (Å²) < 4.78 is 1.58. The Bertz CT molecular complexity index is 1290. The Hall–Kier alpha value is -3.52. The third-order valence-corrected chi connectivity index (χ3v) is 5.25. The molecule has 0 radical (unpaired) electrons. The van der Waals surface area contributed by atoms with Gasteiger partial charge in [-0.15, -0.1) is 0 Å². The number of aromatic amines is 1. The molecule has 0 atom stereocenters. The SMILES string of the molecule is CCn1ncc(Cl)c1C(=O)Nc1cc(-c2ccnc3[nH]ncc23)cc2c1C=NC2. The number of aryl methyl sites for hydroxylation is 1. The van der Waals surface area contributed by atoms with Gasteiger partial charge in [-0.1, -0.05) is 11.6 Å². The smallest absolute Gasteiger partial charge is 0.275 e. The predicted molar refractivity (Wildman–Crippen MR) is 111 cm³/mol. The van der Waals surface area contributed by atoms with Crippen molar-refractivity contribution in [3.8, 4) is 11.1 Å². The fraction of sp³-hybridized carbons (Fsp3) is 0.150. The molecule has 4 aromatic rings. The number of nitrogens with zero attached hydrogens (tertiary/aromatic N) is 5. The van der Waals surface area contributed by atoms with Crippen molar-refractivity contribution in [3.63, 3.8) is 0 Å². The van der Waals surface area contributed by atoms with E-state index in [1.807, 2.05) is 19.1 Å². The molecule has 0 bridgehead atoms. The van der Waals surface area contributed by atoms with Gasteiger partial charge in [-0.3, -0.25) is 19.6 Å². The number of carbonyl (C=O) groups is 1. The van der Waals surface area contributed by atoms with Crippen molar-refractivity contribution < 1.29 is 4.79 Å². The van der Waals surface area contributed by atoms with Crippen LogP contribution in [-0.2, 0) is 13.1 Å². The first-order chi connectivity index (χ1) is 14.2. The Morgan fingerprint density at radius 1 is 1.34 bits per heavy atom. The Labute approximate surface area is 170 Å². The fourth-order valence-corrected chi connectivity index (χ4v) is 3.83. The van der Waals surface area contributed by atoms with Gasteiger partial charge in [0, 0.05) is 29.9 Å². The molecule has 0 fully saturated rings. The fourth-order valence-electron chi connectivity index (χ4n) is 3.60. The van der Waals surface area contributed by atoms with Gasteiger partial charge in [0.2, 0.25) is 0 Å². The molecule has 2 N–H and O–H groups in total. The Morgan fingerprint density at radius 2 is 2.24 bits per heavy atom. The molecule has 3 aromatic heterocycles. The van der Waals surface area contributed by atoms with E-state index in [1.54, 1.807) is 23.3 Å². The number of nitrogens with one attached hydrogen (secondary N) is 2. The number of H-pyrrole nitrogens is 1. The zero-order chi connectivity index (χ0) is 20.0. The van der Waals surface area contributed by atoms with Crippen LogP contribution in [0.2, 0.25) is 5.02 Å². The number of rotatable bonds is 4. The van der Waals surface area contributed by atoms with E-state index in [4.69, 9.17) is 11.6 Å². The summed E-state index contributed by atoms with van der Waals surface area (Å²) in [5.74, 6) is -0.308. The topological polar surface area (TPSA) is 101 Å². The second kappa shape index (κ2) is 6.82. The van der Waals surface area contributed by atoms with E-state index in [2.05, 4.69) is 36.7 Å². The number of aromatic nitrogens is 5. The van der Waals surface area contributed by atoms with E-state index in [0.717, 1.165) is 27.6 Å². The quantitative estimate of drug-likeness (QED) is 0.540. The molecule has 0 aliphatic carbocycles. The number of carbonyl (C=O) groups excluding carboxylic acids is 1. The minimum atomic E-state index is -0.308. The first kappa shape index (κ1) is 17.6.